The van der Waals surface area contributed by atoms with Crippen molar-refractivity contribution in [2.75, 3.05) is 13.7 Å². The Kier molecular flexibility index (Phi) is 4.06. The van der Waals surface area contributed by atoms with Crippen molar-refractivity contribution in [3.63, 3.8) is 0 Å². The summed E-state index contributed by atoms with van der Waals surface area (Å²) in [6, 6.07) is 8.39. The minimum Gasteiger partial charge on any atom is -0.496 e. The number of methoxy groups -OCH3 is 1. The Morgan fingerprint density at radius 1 is 1.35 bits per heavy atom. The van der Waals surface area contributed by atoms with Gasteiger partial charge in [-0.2, -0.15) is 0 Å². The van der Waals surface area contributed by atoms with Gasteiger partial charge < -0.3 is 10.1 Å². The monoisotopic (exact) mass is 233 g/mol. The van der Waals surface area contributed by atoms with Crippen molar-refractivity contribution in [3.8, 4) is 5.75 Å². The van der Waals surface area contributed by atoms with Crippen molar-refractivity contribution in [2.24, 2.45) is 0 Å². The molecule has 1 aromatic carbocycles. The Morgan fingerprint density at radius 2 is 2.18 bits per heavy atom. The first kappa shape index (κ1) is 12.4. The molecule has 1 aromatic rings. The van der Waals surface area contributed by atoms with Crippen molar-refractivity contribution in [1.82, 2.24) is 5.32 Å². The van der Waals surface area contributed by atoms with Crippen LogP contribution in [0.4, 0.5) is 0 Å². The molecule has 0 bridgehead atoms. The minimum absolute atomic E-state index is 0.309. The van der Waals surface area contributed by atoms with E-state index >= 15 is 0 Å². The lowest BCUT2D eigenvalue weighted by Gasteiger charge is -2.30. The molecule has 2 nitrogen and oxygen atoms in total. The van der Waals surface area contributed by atoms with Crippen LogP contribution < -0.4 is 10.1 Å². The first-order chi connectivity index (χ1) is 8.29. The molecule has 1 unspecified atom stereocenters. The number of ether oxygens (including phenoxy) is 1. The van der Waals surface area contributed by atoms with Crippen LogP contribution in [0, 0.1) is 0 Å². The first-order valence-electron chi connectivity index (χ1n) is 6.66. The number of para-hydroxylation sites is 1. The van der Waals surface area contributed by atoms with E-state index in [1.807, 2.05) is 6.07 Å². The molecule has 1 aliphatic heterocycles. The second kappa shape index (κ2) is 5.54. The van der Waals surface area contributed by atoms with E-state index in [0.717, 1.165) is 18.7 Å². The van der Waals surface area contributed by atoms with Gasteiger partial charge in [0.05, 0.1) is 7.11 Å². The van der Waals surface area contributed by atoms with Gasteiger partial charge in [-0.15, -0.1) is 0 Å². The average molecular weight is 233 g/mol. The number of nitrogens with one attached hydrogen (secondary N) is 1. The molecular formula is C15H23NO. The largest absolute Gasteiger partial charge is 0.496 e. The van der Waals surface area contributed by atoms with Crippen LogP contribution in [0.2, 0.25) is 0 Å². The summed E-state index contributed by atoms with van der Waals surface area (Å²) >= 11 is 0. The molecule has 1 atom stereocenters. The molecule has 1 saturated heterocycles. The predicted molar refractivity (Wildman–Crippen MR) is 71.6 cm³/mol. The number of hydrogen-bond donors (Lipinski definition) is 1. The minimum atomic E-state index is 0.309. The Morgan fingerprint density at radius 3 is 2.82 bits per heavy atom. The van der Waals surface area contributed by atoms with Crippen LogP contribution in [0.1, 0.15) is 38.2 Å². The van der Waals surface area contributed by atoms with Gasteiger partial charge in [0.15, 0.2) is 0 Å². The van der Waals surface area contributed by atoms with Crippen LogP contribution in [-0.2, 0) is 6.42 Å². The third kappa shape index (κ3) is 2.81. The maximum absolute atomic E-state index is 5.45. The Bertz CT molecular complexity index is 356. The summed E-state index contributed by atoms with van der Waals surface area (Å²) in [5, 5.41) is 3.72. The zero-order chi connectivity index (χ0) is 12.1. The number of hydrogen-bond acceptors (Lipinski definition) is 2. The Labute approximate surface area is 104 Å². The third-order valence-corrected chi connectivity index (χ3v) is 3.78. The van der Waals surface area contributed by atoms with Crippen LogP contribution in [0.25, 0.3) is 0 Å². The van der Waals surface area contributed by atoms with Crippen LogP contribution >= 0.6 is 0 Å². The van der Waals surface area contributed by atoms with Crippen molar-refractivity contribution in [1.29, 1.82) is 0 Å². The lowest BCUT2D eigenvalue weighted by Crippen LogP contribution is -2.41. The van der Waals surface area contributed by atoms with Crippen LogP contribution in [0.15, 0.2) is 24.3 Å². The quantitative estimate of drug-likeness (QED) is 0.843. The molecule has 0 spiro atoms. The second-order valence-electron chi connectivity index (χ2n) is 5.05. The lowest BCUT2D eigenvalue weighted by atomic mass is 9.85. The lowest BCUT2D eigenvalue weighted by molar-refractivity contribution is 0.333. The van der Waals surface area contributed by atoms with E-state index in [9.17, 15) is 0 Å². The fraction of sp³-hybridized carbons (Fsp3) is 0.600. The van der Waals surface area contributed by atoms with Gasteiger partial charge >= 0.3 is 0 Å². The Hall–Kier alpha value is -1.02. The average Bonchev–Trinajstić information content (AvgIpc) is 2.79. The highest BCUT2D eigenvalue weighted by Gasteiger charge is 2.33. The highest BCUT2D eigenvalue weighted by Crippen LogP contribution is 2.31. The first-order valence-corrected chi connectivity index (χ1v) is 6.66. The van der Waals surface area contributed by atoms with E-state index in [1.54, 1.807) is 7.11 Å². The number of benzene rings is 1. The zero-order valence-corrected chi connectivity index (χ0v) is 11.0. The van der Waals surface area contributed by atoms with Crippen LogP contribution in [0.5, 0.6) is 5.75 Å². The van der Waals surface area contributed by atoms with Gasteiger partial charge in [0.1, 0.15) is 5.75 Å². The van der Waals surface area contributed by atoms with E-state index in [-0.39, 0.29) is 0 Å². The predicted octanol–water partition coefficient (Wildman–Crippen LogP) is 3.16. The molecule has 1 heterocycles. The molecule has 0 radical (unpaired) electrons. The van der Waals surface area contributed by atoms with E-state index < -0.39 is 0 Å². The topological polar surface area (TPSA) is 21.3 Å². The SMILES string of the molecule is CCCC1(Cc2ccccc2OC)CCCN1. The fourth-order valence-electron chi connectivity index (χ4n) is 3.01. The van der Waals surface area contributed by atoms with Gasteiger partial charge in [0, 0.05) is 5.54 Å². The van der Waals surface area contributed by atoms with Crippen molar-refractivity contribution < 1.29 is 4.74 Å². The second-order valence-corrected chi connectivity index (χ2v) is 5.05. The summed E-state index contributed by atoms with van der Waals surface area (Å²) < 4.78 is 5.45. The molecule has 2 heteroatoms. The van der Waals surface area contributed by atoms with Crippen LogP contribution in [-0.4, -0.2) is 19.2 Å². The van der Waals surface area contributed by atoms with Gasteiger partial charge in [-0.25, -0.2) is 0 Å². The van der Waals surface area contributed by atoms with E-state index in [0.29, 0.717) is 5.54 Å². The molecule has 0 amide bonds. The van der Waals surface area contributed by atoms with Crippen molar-refractivity contribution in [3.05, 3.63) is 29.8 Å². The highest BCUT2D eigenvalue weighted by atomic mass is 16.5. The van der Waals surface area contributed by atoms with E-state index in [2.05, 4.69) is 30.4 Å². The standard InChI is InChI=1S/C15H23NO/c1-3-9-15(10-6-11-16-15)12-13-7-4-5-8-14(13)17-2/h4-5,7-8,16H,3,6,9-12H2,1-2H3. The fourth-order valence-corrected chi connectivity index (χ4v) is 3.01. The maximum Gasteiger partial charge on any atom is 0.122 e. The molecule has 17 heavy (non-hydrogen) atoms. The summed E-state index contributed by atoms with van der Waals surface area (Å²) in [6.45, 7) is 3.43. The highest BCUT2D eigenvalue weighted by molar-refractivity contribution is 5.34. The molecular weight excluding hydrogens is 210 g/mol. The van der Waals surface area contributed by atoms with E-state index in [4.69, 9.17) is 4.74 Å². The molecule has 1 fully saturated rings. The van der Waals surface area contributed by atoms with Crippen molar-refractivity contribution in [2.45, 2.75) is 44.6 Å². The van der Waals surface area contributed by atoms with Crippen LogP contribution in [0.3, 0.4) is 0 Å². The summed E-state index contributed by atoms with van der Waals surface area (Å²) in [6.07, 6.45) is 6.17. The summed E-state index contributed by atoms with van der Waals surface area (Å²) in [7, 11) is 1.76. The Balaban J connectivity index is 2.17. The molecule has 0 saturated carbocycles. The number of rotatable bonds is 5. The molecule has 1 aliphatic rings. The summed E-state index contributed by atoms with van der Waals surface area (Å²) in [5.41, 5.74) is 1.64. The third-order valence-electron chi connectivity index (χ3n) is 3.78. The van der Waals surface area contributed by atoms with Gasteiger partial charge in [0.25, 0.3) is 0 Å². The molecule has 0 aromatic heterocycles. The van der Waals surface area contributed by atoms with Gasteiger partial charge in [-0.3, -0.25) is 0 Å². The van der Waals surface area contributed by atoms with E-state index in [1.165, 1.54) is 31.2 Å². The molecule has 94 valence electrons. The van der Waals surface area contributed by atoms with Gasteiger partial charge in [-0.05, 0) is 43.9 Å². The van der Waals surface area contributed by atoms with Gasteiger partial charge in [0.2, 0.25) is 0 Å². The molecule has 2 rings (SSSR count). The molecule has 0 aliphatic carbocycles. The normalized spacial score (nSPS) is 23.9. The molecule has 1 N–H and O–H groups in total. The smallest absolute Gasteiger partial charge is 0.122 e. The summed E-state index contributed by atoms with van der Waals surface area (Å²) in [5.74, 6) is 1.02. The maximum atomic E-state index is 5.45. The van der Waals surface area contributed by atoms with Crippen molar-refractivity contribution >= 4 is 0 Å². The van der Waals surface area contributed by atoms with Gasteiger partial charge in [-0.1, -0.05) is 31.5 Å². The zero-order valence-electron chi connectivity index (χ0n) is 11.0. The summed E-state index contributed by atoms with van der Waals surface area (Å²) in [4.78, 5) is 0.